The quantitative estimate of drug-likeness (QED) is 0.235. The van der Waals surface area contributed by atoms with Gasteiger partial charge in [0.1, 0.15) is 11.5 Å². The van der Waals surface area contributed by atoms with Crippen LogP contribution >= 0.6 is 11.6 Å². The number of hydrogen-bond donors (Lipinski definition) is 2. The Balaban J connectivity index is 1.34. The molecular formula is C29H23ClF2N2O4S. The van der Waals surface area contributed by atoms with Crippen molar-refractivity contribution in [2.75, 3.05) is 5.32 Å². The summed E-state index contributed by atoms with van der Waals surface area (Å²) >= 11 is 6.08. The Morgan fingerprint density at radius 2 is 1.69 bits per heavy atom. The van der Waals surface area contributed by atoms with Gasteiger partial charge in [0.15, 0.2) is 11.6 Å². The first kappa shape index (κ1) is 26.8. The van der Waals surface area contributed by atoms with Gasteiger partial charge < -0.3 is 10.1 Å². The Hall–Kier alpha value is -3.79. The van der Waals surface area contributed by atoms with E-state index in [0.29, 0.717) is 38.9 Å². The summed E-state index contributed by atoms with van der Waals surface area (Å²) in [6, 6.07) is 21.2. The first-order valence-electron chi connectivity index (χ1n) is 12.1. The highest BCUT2D eigenvalue weighted by Gasteiger charge is 2.27. The van der Waals surface area contributed by atoms with Crippen molar-refractivity contribution in [2.45, 2.75) is 30.2 Å². The van der Waals surface area contributed by atoms with E-state index in [9.17, 15) is 22.0 Å². The molecule has 6 nitrogen and oxygen atoms in total. The first-order valence-corrected chi connectivity index (χ1v) is 14.0. The summed E-state index contributed by atoms with van der Waals surface area (Å²) in [5, 5.41) is 3.25. The van der Waals surface area contributed by atoms with Crippen LogP contribution in [0.2, 0.25) is 5.02 Å². The molecule has 0 aliphatic heterocycles. The highest BCUT2D eigenvalue weighted by Crippen LogP contribution is 2.37. The predicted octanol–water partition coefficient (Wildman–Crippen LogP) is 6.70. The van der Waals surface area contributed by atoms with Crippen LogP contribution in [0.1, 0.15) is 18.4 Å². The Bertz CT molecular complexity index is 1640. The second-order valence-corrected chi connectivity index (χ2v) is 11.3. The third kappa shape index (κ3) is 6.81. The van der Waals surface area contributed by atoms with E-state index in [4.69, 9.17) is 16.3 Å². The van der Waals surface area contributed by atoms with Gasteiger partial charge in [-0.3, -0.25) is 4.79 Å². The molecule has 0 saturated heterocycles. The molecule has 10 heteroatoms. The van der Waals surface area contributed by atoms with Crippen LogP contribution in [-0.4, -0.2) is 20.4 Å². The maximum atomic E-state index is 14.0. The van der Waals surface area contributed by atoms with Crippen molar-refractivity contribution >= 4 is 33.2 Å². The second-order valence-electron chi connectivity index (χ2n) is 9.16. The number of benzene rings is 4. The second kappa shape index (κ2) is 11.1. The van der Waals surface area contributed by atoms with Crippen molar-refractivity contribution in [2.24, 2.45) is 0 Å². The van der Waals surface area contributed by atoms with E-state index in [2.05, 4.69) is 10.0 Å². The summed E-state index contributed by atoms with van der Waals surface area (Å²) in [6.07, 6.45) is 1.68. The number of ether oxygens (including phenoxy) is 1. The van der Waals surface area contributed by atoms with E-state index in [0.717, 1.165) is 25.0 Å². The number of halogens is 3. The molecule has 0 unspecified atom stereocenters. The van der Waals surface area contributed by atoms with Crippen molar-refractivity contribution < 1.29 is 26.7 Å². The molecule has 0 heterocycles. The van der Waals surface area contributed by atoms with Gasteiger partial charge in [-0.1, -0.05) is 35.9 Å². The van der Waals surface area contributed by atoms with Gasteiger partial charge in [0.25, 0.3) is 0 Å². The van der Waals surface area contributed by atoms with E-state index in [1.165, 1.54) is 18.2 Å². The van der Waals surface area contributed by atoms with Crippen LogP contribution in [0.4, 0.5) is 14.5 Å². The molecule has 39 heavy (non-hydrogen) atoms. The molecule has 0 radical (unpaired) electrons. The van der Waals surface area contributed by atoms with E-state index >= 15 is 0 Å². The van der Waals surface area contributed by atoms with Gasteiger partial charge in [-0.15, -0.1) is 0 Å². The van der Waals surface area contributed by atoms with Gasteiger partial charge in [-0.25, -0.2) is 21.9 Å². The van der Waals surface area contributed by atoms with Gasteiger partial charge in [-0.2, -0.15) is 0 Å². The van der Waals surface area contributed by atoms with Gasteiger partial charge in [0.05, 0.1) is 11.3 Å². The molecule has 0 aromatic heterocycles. The zero-order valence-electron chi connectivity index (χ0n) is 20.5. The Labute approximate surface area is 229 Å². The zero-order chi connectivity index (χ0) is 27.6. The summed E-state index contributed by atoms with van der Waals surface area (Å²) in [5.41, 5.74) is 1.90. The van der Waals surface area contributed by atoms with Crippen LogP contribution in [0, 0.1) is 11.6 Å². The lowest BCUT2D eigenvalue weighted by atomic mass is 10.0. The molecule has 0 atom stereocenters. The largest absolute Gasteiger partial charge is 0.457 e. The van der Waals surface area contributed by atoms with E-state index in [1.54, 1.807) is 54.6 Å². The highest BCUT2D eigenvalue weighted by atomic mass is 35.5. The summed E-state index contributed by atoms with van der Waals surface area (Å²) in [7, 11) is -3.57. The molecule has 5 rings (SSSR count). The lowest BCUT2D eigenvalue weighted by Crippen LogP contribution is -2.25. The molecular weight excluding hydrogens is 546 g/mol. The molecule has 1 amide bonds. The van der Waals surface area contributed by atoms with Crippen molar-refractivity contribution in [1.29, 1.82) is 0 Å². The Morgan fingerprint density at radius 1 is 0.923 bits per heavy atom. The number of sulfonamides is 1. The summed E-state index contributed by atoms with van der Waals surface area (Å²) in [4.78, 5) is 12.9. The van der Waals surface area contributed by atoms with Gasteiger partial charge in [-0.05, 0) is 78.6 Å². The highest BCUT2D eigenvalue weighted by molar-refractivity contribution is 7.89. The predicted molar refractivity (Wildman–Crippen MR) is 145 cm³/mol. The van der Waals surface area contributed by atoms with Crippen LogP contribution in [-0.2, 0) is 21.2 Å². The number of carbonyl (C=O) groups is 1. The van der Waals surface area contributed by atoms with Gasteiger partial charge in [0.2, 0.25) is 15.9 Å². The molecule has 1 saturated carbocycles. The normalized spacial score (nSPS) is 13.2. The van der Waals surface area contributed by atoms with Crippen molar-refractivity contribution in [3.63, 3.8) is 0 Å². The van der Waals surface area contributed by atoms with Gasteiger partial charge >= 0.3 is 0 Å². The molecule has 0 spiro atoms. The van der Waals surface area contributed by atoms with Crippen LogP contribution in [0.5, 0.6) is 11.5 Å². The molecule has 1 aliphatic rings. The smallest absolute Gasteiger partial charge is 0.240 e. The molecule has 4 aromatic carbocycles. The zero-order valence-corrected chi connectivity index (χ0v) is 22.0. The molecule has 1 aliphatic carbocycles. The van der Waals surface area contributed by atoms with Crippen molar-refractivity contribution in [3.05, 3.63) is 107 Å². The third-order valence-corrected chi connectivity index (χ3v) is 7.79. The summed E-state index contributed by atoms with van der Waals surface area (Å²) in [6.45, 7) is 0. The fourth-order valence-corrected chi connectivity index (χ4v) is 5.40. The fourth-order valence-electron chi connectivity index (χ4n) is 3.91. The van der Waals surface area contributed by atoms with Crippen LogP contribution < -0.4 is 14.8 Å². The number of amides is 1. The molecule has 2 N–H and O–H groups in total. The maximum absolute atomic E-state index is 14.0. The fraction of sp³-hybridized carbons (Fsp3) is 0.138. The SMILES string of the molecule is O=C(Cc1ccc(S(=O)(=O)NC2CC2)cc1)Nc1ccc(-c2ccc(F)c(F)c2)c(Oc2cccc(Cl)c2)c1. The first-order chi connectivity index (χ1) is 18.7. The Kier molecular flexibility index (Phi) is 7.65. The minimum Gasteiger partial charge on any atom is -0.457 e. The van der Waals surface area contributed by atoms with Crippen LogP contribution in [0.15, 0.2) is 89.8 Å². The summed E-state index contributed by atoms with van der Waals surface area (Å²) < 4.78 is 60.8. The lowest BCUT2D eigenvalue weighted by Gasteiger charge is -2.15. The molecule has 4 aromatic rings. The van der Waals surface area contributed by atoms with Crippen LogP contribution in [0.25, 0.3) is 11.1 Å². The maximum Gasteiger partial charge on any atom is 0.240 e. The minimum absolute atomic E-state index is 0.00155. The molecule has 200 valence electrons. The summed E-state index contributed by atoms with van der Waals surface area (Å²) in [5.74, 6) is -1.60. The third-order valence-electron chi connectivity index (χ3n) is 6.02. The standard InChI is InChI=1S/C29H23ClF2N2O4S/c30-20-2-1-3-23(16-20)38-28-17-22(9-12-25(28)19-6-13-26(31)27(32)15-19)33-29(35)14-18-4-10-24(11-5-18)39(36,37)34-21-7-8-21/h1-6,9-13,15-17,21,34H,7-8,14H2,(H,33,35). The Morgan fingerprint density at radius 3 is 2.38 bits per heavy atom. The number of carbonyl (C=O) groups excluding carboxylic acids is 1. The lowest BCUT2D eigenvalue weighted by molar-refractivity contribution is -0.115. The number of anilines is 1. The van der Waals surface area contributed by atoms with E-state index in [1.807, 2.05) is 0 Å². The van der Waals surface area contributed by atoms with Crippen molar-refractivity contribution in [3.8, 4) is 22.6 Å². The molecule has 1 fully saturated rings. The van der Waals surface area contributed by atoms with Gasteiger partial charge in [0, 0.05) is 28.4 Å². The van der Waals surface area contributed by atoms with Crippen LogP contribution in [0.3, 0.4) is 0 Å². The molecule has 0 bridgehead atoms. The number of hydrogen-bond acceptors (Lipinski definition) is 4. The average molecular weight is 569 g/mol. The van der Waals surface area contributed by atoms with E-state index < -0.39 is 21.7 Å². The monoisotopic (exact) mass is 568 g/mol. The topological polar surface area (TPSA) is 84.5 Å². The number of nitrogens with one attached hydrogen (secondary N) is 2. The average Bonchev–Trinajstić information content (AvgIpc) is 3.70. The minimum atomic E-state index is -3.57. The van der Waals surface area contributed by atoms with Crippen molar-refractivity contribution in [1.82, 2.24) is 4.72 Å². The van der Waals surface area contributed by atoms with E-state index in [-0.39, 0.29) is 23.3 Å². The number of rotatable bonds is 9.